The third kappa shape index (κ3) is 4.17. The van der Waals surface area contributed by atoms with Crippen molar-refractivity contribution in [2.45, 2.75) is 37.6 Å². The van der Waals surface area contributed by atoms with Crippen LogP contribution in [0.3, 0.4) is 0 Å². The Hall–Kier alpha value is -1.63. The van der Waals surface area contributed by atoms with E-state index in [9.17, 15) is 14.0 Å². The Balaban J connectivity index is 2.04. The number of benzene rings is 1. The number of carbonyl (C=O) groups excluding carboxylic acids is 1. The van der Waals surface area contributed by atoms with E-state index >= 15 is 0 Å². The number of carboxylic acid groups (broad SMARTS) is 1. The second kappa shape index (κ2) is 6.43. The number of hydrogen-bond acceptors (Lipinski definition) is 2. The molecule has 0 saturated heterocycles. The number of rotatable bonds is 4. The average molecular weight is 359 g/mol. The highest BCUT2D eigenvalue weighted by atomic mass is 79.9. The van der Waals surface area contributed by atoms with E-state index in [1.165, 1.54) is 12.1 Å². The first kappa shape index (κ1) is 15.8. The van der Waals surface area contributed by atoms with Crippen LogP contribution in [-0.4, -0.2) is 22.6 Å². The van der Waals surface area contributed by atoms with Crippen LogP contribution >= 0.6 is 15.9 Å². The second-order valence-corrected chi connectivity index (χ2v) is 6.18. The van der Waals surface area contributed by atoms with Gasteiger partial charge in [-0.1, -0.05) is 28.8 Å². The van der Waals surface area contributed by atoms with Gasteiger partial charge in [0.15, 0.2) is 0 Å². The number of anilines is 1. The number of nitrogens with one attached hydrogen (secondary N) is 2. The van der Waals surface area contributed by atoms with Crippen molar-refractivity contribution in [1.29, 1.82) is 0 Å². The number of amides is 2. The summed E-state index contributed by atoms with van der Waals surface area (Å²) in [6, 6.07) is 3.72. The minimum absolute atomic E-state index is 0.0548. The fourth-order valence-corrected chi connectivity index (χ4v) is 3.01. The lowest BCUT2D eigenvalue weighted by atomic mass is 9.93. The van der Waals surface area contributed by atoms with Gasteiger partial charge in [0.25, 0.3) is 0 Å². The number of carbonyl (C=O) groups is 2. The van der Waals surface area contributed by atoms with E-state index in [0.717, 1.165) is 12.8 Å². The van der Waals surface area contributed by atoms with E-state index in [1.54, 1.807) is 6.07 Å². The number of hydrogen-bond donors (Lipinski definition) is 3. The summed E-state index contributed by atoms with van der Waals surface area (Å²) in [5.74, 6) is -1.51. The van der Waals surface area contributed by atoms with Gasteiger partial charge in [0, 0.05) is 4.47 Å². The molecule has 2 rings (SSSR count). The topological polar surface area (TPSA) is 78.4 Å². The first-order chi connectivity index (χ1) is 9.90. The number of urea groups is 1. The lowest BCUT2D eigenvalue weighted by molar-refractivity contribution is -0.138. The maximum absolute atomic E-state index is 13.7. The molecule has 1 aliphatic rings. The molecule has 0 spiro atoms. The molecule has 21 heavy (non-hydrogen) atoms. The summed E-state index contributed by atoms with van der Waals surface area (Å²) < 4.78 is 14.2. The molecule has 114 valence electrons. The molecule has 0 aliphatic heterocycles. The van der Waals surface area contributed by atoms with Gasteiger partial charge in [0.05, 0.1) is 17.6 Å². The molecule has 0 heterocycles. The molecule has 1 aromatic carbocycles. The molecular weight excluding hydrogens is 343 g/mol. The van der Waals surface area contributed by atoms with E-state index in [0.29, 0.717) is 17.3 Å². The van der Waals surface area contributed by atoms with Crippen LogP contribution < -0.4 is 10.6 Å². The van der Waals surface area contributed by atoms with Crippen LogP contribution in [0.25, 0.3) is 0 Å². The molecule has 2 amide bonds. The maximum atomic E-state index is 13.7. The molecular formula is C14H16BrFN2O3. The lowest BCUT2D eigenvalue weighted by Crippen LogP contribution is -2.49. The normalized spacial score (nSPS) is 16.5. The Labute approximate surface area is 130 Å². The first-order valence-corrected chi connectivity index (χ1v) is 7.46. The highest BCUT2D eigenvalue weighted by molar-refractivity contribution is 9.10. The summed E-state index contributed by atoms with van der Waals surface area (Å²) in [5, 5.41) is 14.1. The number of halogens is 2. The zero-order valence-corrected chi connectivity index (χ0v) is 12.9. The van der Waals surface area contributed by atoms with Crippen molar-refractivity contribution in [3.8, 4) is 0 Å². The van der Waals surface area contributed by atoms with Crippen molar-refractivity contribution >= 4 is 33.6 Å². The average Bonchev–Trinajstić information content (AvgIpc) is 2.80. The van der Waals surface area contributed by atoms with Crippen LogP contribution in [0.5, 0.6) is 0 Å². The van der Waals surface area contributed by atoms with Crippen molar-refractivity contribution in [1.82, 2.24) is 5.32 Å². The molecule has 0 unspecified atom stereocenters. The fourth-order valence-electron chi connectivity index (χ4n) is 2.67. The minimum Gasteiger partial charge on any atom is -0.481 e. The summed E-state index contributed by atoms with van der Waals surface area (Å²) in [6.07, 6.45) is 2.87. The SMILES string of the molecule is O=C(O)CC1(NC(=O)Nc2ccc(Br)cc2F)CCCC1. The van der Waals surface area contributed by atoms with Gasteiger partial charge in [-0.2, -0.15) is 0 Å². The van der Waals surface area contributed by atoms with E-state index in [2.05, 4.69) is 26.6 Å². The molecule has 1 saturated carbocycles. The molecule has 3 N–H and O–H groups in total. The van der Waals surface area contributed by atoms with E-state index in [4.69, 9.17) is 5.11 Å². The van der Waals surface area contributed by atoms with Gasteiger partial charge in [-0.3, -0.25) is 4.79 Å². The molecule has 0 bridgehead atoms. The highest BCUT2D eigenvalue weighted by Gasteiger charge is 2.37. The minimum atomic E-state index is -0.952. The predicted molar refractivity (Wildman–Crippen MR) is 79.7 cm³/mol. The quantitative estimate of drug-likeness (QED) is 0.770. The van der Waals surface area contributed by atoms with Crippen molar-refractivity contribution in [2.24, 2.45) is 0 Å². The monoisotopic (exact) mass is 358 g/mol. The van der Waals surface area contributed by atoms with Crippen molar-refractivity contribution in [3.05, 3.63) is 28.5 Å². The van der Waals surface area contributed by atoms with Gasteiger partial charge in [-0.25, -0.2) is 9.18 Å². The highest BCUT2D eigenvalue weighted by Crippen LogP contribution is 2.32. The zero-order chi connectivity index (χ0) is 15.5. The van der Waals surface area contributed by atoms with Crippen LogP contribution in [0.15, 0.2) is 22.7 Å². The lowest BCUT2D eigenvalue weighted by Gasteiger charge is -2.28. The molecule has 0 aromatic heterocycles. The Morgan fingerprint density at radius 3 is 2.57 bits per heavy atom. The molecule has 0 radical (unpaired) electrons. The Morgan fingerprint density at radius 2 is 2.00 bits per heavy atom. The van der Waals surface area contributed by atoms with Crippen molar-refractivity contribution < 1.29 is 19.1 Å². The summed E-state index contributed by atoms with van der Waals surface area (Å²) in [4.78, 5) is 23.0. The Morgan fingerprint density at radius 1 is 1.33 bits per heavy atom. The van der Waals surface area contributed by atoms with Gasteiger partial charge < -0.3 is 15.7 Å². The maximum Gasteiger partial charge on any atom is 0.319 e. The predicted octanol–water partition coefficient (Wildman–Crippen LogP) is 3.50. The third-order valence-corrected chi connectivity index (χ3v) is 4.10. The Bertz CT molecular complexity index is 559. The zero-order valence-electron chi connectivity index (χ0n) is 11.3. The molecule has 5 nitrogen and oxygen atoms in total. The Kier molecular flexibility index (Phi) is 4.82. The molecule has 7 heteroatoms. The molecule has 1 fully saturated rings. The molecule has 0 atom stereocenters. The number of aliphatic carboxylic acids is 1. The molecule has 1 aliphatic carbocycles. The van der Waals surface area contributed by atoms with E-state index < -0.39 is 23.4 Å². The smallest absolute Gasteiger partial charge is 0.319 e. The number of carboxylic acids is 1. The van der Waals surface area contributed by atoms with Gasteiger partial charge in [0.1, 0.15) is 5.82 Å². The van der Waals surface area contributed by atoms with Crippen LogP contribution in [0, 0.1) is 5.82 Å². The largest absolute Gasteiger partial charge is 0.481 e. The summed E-state index contributed by atoms with van der Waals surface area (Å²) >= 11 is 3.14. The van der Waals surface area contributed by atoms with Gasteiger partial charge in [-0.15, -0.1) is 0 Å². The molecule has 1 aromatic rings. The van der Waals surface area contributed by atoms with Crippen LogP contribution in [0.2, 0.25) is 0 Å². The van der Waals surface area contributed by atoms with Gasteiger partial charge in [0.2, 0.25) is 0 Å². The van der Waals surface area contributed by atoms with E-state index in [-0.39, 0.29) is 12.1 Å². The van der Waals surface area contributed by atoms with Crippen molar-refractivity contribution in [3.63, 3.8) is 0 Å². The van der Waals surface area contributed by atoms with Gasteiger partial charge >= 0.3 is 12.0 Å². The summed E-state index contributed by atoms with van der Waals surface area (Å²) in [6.45, 7) is 0. The van der Waals surface area contributed by atoms with E-state index in [1.807, 2.05) is 0 Å². The van der Waals surface area contributed by atoms with Crippen LogP contribution in [0.4, 0.5) is 14.9 Å². The van der Waals surface area contributed by atoms with Crippen LogP contribution in [0.1, 0.15) is 32.1 Å². The van der Waals surface area contributed by atoms with Gasteiger partial charge in [-0.05, 0) is 31.0 Å². The van der Waals surface area contributed by atoms with Crippen LogP contribution in [-0.2, 0) is 4.79 Å². The summed E-state index contributed by atoms with van der Waals surface area (Å²) in [7, 11) is 0. The third-order valence-electron chi connectivity index (χ3n) is 3.61. The fraction of sp³-hybridized carbons (Fsp3) is 0.429. The van der Waals surface area contributed by atoms with Crippen molar-refractivity contribution in [2.75, 3.05) is 5.32 Å². The second-order valence-electron chi connectivity index (χ2n) is 5.26. The summed E-state index contributed by atoms with van der Waals surface area (Å²) in [5.41, 5.74) is -0.680. The first-order valence-electron chi connectivity index (χ1n) is 6.66. The standard InChI is InChI=1S/C14H16BrFN2O3/c15-9-3-4-11(10(16)7-9)17-13(21)18-14(8-12(19)20)5-1-2-6-14/h3-4,7H,1-2,5-6,8H2,(H,19,20)(H2,17,18,21).